The minimum Gasteiger partial charge on any atom is -0.365 e. The van der Waals surface area contributed by atoms with Crippen molar-refractivity contribution in [3.63, 3.8) is 0 Å². The fraction of sp³-hybridized carbons (Fsp3) is 0.222. The highest BCUT2D eigenvalue weighted by Gasteiger charge is 1.91. The van der Waals surface area contributed by atoms with E-state index < -0.39 is 6.29 Å². The van der Waals surface area contributed by atoms with Gasteiger partial charge in [0.2, 0.25) is 0 Å². The predicted molar refractivity (Wildman–Crippen MR) is 46.3 cm³/mol. The van der Waals surface area contributed by atoms with Gasteiger partial charge >= 0.3 is 0 Å². The largest absolute Gasteiger partial charge is 0.365 e. The summed E-state index contributed by atoms with van der Waals surface area (Å²) in [6, 6.07) is 3.69. The van der Waals surface area contributed by atoms with Gasteiger partial charge in [0.25, 0.3) is 0 Å². The third-order valence-corrected chi connectivity index (χ3v) is 1.40. The van der Waals surface area contributed by atoms with E-state index >= 15 is 0 Å². The SMILES string of the molecule is CO[C@H](O)/C=C/c1ccncc1. The van der Waals surface area contributed by atoms with Crippen LogP contribution >= 0.6 is 0 Å². The number of pyridine rings is 1. The quantitative estimate of drug-likeness (QED) is 0.681. The van der Waals surface area contributed by atoms with Crippen molar-refractivity contribution >= 4 is 6.08 Å². The van der Waals surface area contributed by atoms with Gasteiger partial charge in [-0.25, -0.2) is 0 Å². The fourth-order valence-electron chi connectivity index (χ4n) is 0.747. The van der Waals surface area contributed by atoms with Gasteiger partial charge in [0.1, 0.15) is 0 Å². The highest BCUT2D eigenvalue weighted by Crippen LogP contribution is 2.00. The molecular weight excluding hydrogens is 154 g/mol. The zero-order valence-electron chi connectivity index (χ0n) is 6.84. The molecule has 3 heteroatoms. The molecule has 0 amide bonds. The van der Waals surface area contributed by atoms with Gasteiger partial charge < -0.3 is 9.84 Å². The molecule has 1 rings (SSSR count). The Bertz CT molecular complexity index is 246. The van der Waals surface area contributed by atoms with E-state index in [1.165, 1.54) is 7.11 Å². The molecule has 0 aromatic carbocycles. The molecule has 1 N–H and O–H groups in total. The third-order valence-electron chi connectivity index (χ3n) is 1.40. The van der Waals surface area contributed by atoms with Crippen molar-refractivity contribution in [3.8, 4) is 0 Å². The molecular formula is C9H11NO2. The van der Waals surface area contributed by atoms with E-state index in [1.54, 1.807) is 24.5 Å². The van der Waals surface area contributed by atoms with E-state index in [-0.39, 0.29) is 0 Å². The molecule has 0 saturated heterocycles. The number of nitrogens with zero attached hydrogens (tertiary/aromatic N) is 1. The highest BCUT2D eigenvalue weighted by atomic mass is 16.6. The number of hydrogen-bond acceptors (Lipinski definition) is 3. The average molecular weight is 165 g/mol. The number of methoxy groups -OCH3 is 1. The summed E-state index contributed by atoms with van der Waals surface area (Å²) in [6.45, 7) is 0. The van der Waals surface area contributed by atoms with Crippen molar-refractivity contribution in [3.05, 3.63) is 36.2 Å². The van der Waals surface area contributed by atoms with Gasteiger partial charge in [-0.1, -0.05) is 6.08 Å². The number of aromatic nitrogens is 1. The Balaban J connectivity index is 2.58. The molecule has 64 valence electrons. The number of hydrogen-bond donors (Lipinski definition) is 1. The fourth-order valence-corrected chi connectivity index (χ4v) is 0.747. The molecule has 0 aliphatic carbocycles. The lowest BCUT2D eigenvalue weighted by Gasteiger charge is -1.99. The molecule has 1 aromatic rings. The third kappa shape index (κ3) is 2.82. The van der Waals surface area contributed by atoms with Crippen LogP contribution in [0.4, 0.5) is 0 Å². The molecule has 1 atom stereocenters. The zero-order valence-corrected chi connectivity index (χ0v) is 6.84. The summed E-state index contributed by atoms with van der Waals surface area (Å²) < 4.78 is 4.63. The minimum atomic E-state index is -0.835. The van der Waals surface area contributed by atoms with Crippen LogP contribution in [0.5, 0.6) is 0 Å². The summed E-state index contributed by atoms with van der Waals surface area (Å²) in [5.74, 6) is 0. The van der Waals surface area contributed by atoms with Gasteiger partial charge in [-0.2, -0.15) is 0 Å². The monoisotopic (exact) mass is 165 g/mol. The molecule has 0 spiro atoms. The number of aliphatic hydroxyl groups is 1. The summed E-state index contributed by atoms with van der Waals surface area (Å²) in [4.78, 5) is 3.87. The van der Waals surface area contributed by atoms with Crippen molar-refractivity contribution in [1.82, 2.24) is 4.98 Å². The number of aliphatic hydroxyl groups excluding tert-OH is 1. The van der Waals surface area contributed by atoms with Crippen molar-refractivity contribution in [2.75, 3.05) is 7.11 Å². The van der Waals surface area contributed by atoms with Crippen LogP contribution in [-0.2, 0) is 4.74 Å². The highest BCUT2D eigenvalue weighted by molar-refractivity contribution is 5.48. The lowest BCUT2D eigenvalue weighted by molar-refractivity contribution is -0.0350. The van der Waals surface area contributed by atoms with Gasteiger partial charge in [0, 0.05) is 19.5 Å². The van der Waals surface area contributed by atoms with Crippen LogP contribution in [0.3, 0.4) is 0 Å². The number of ether oxygens (including phenoxy) is 1. The summed E-state index contributed by atoms with van der Waals surface area (Å²) in [6.07, 6.45) is 5.89. The molecule has 12 heavy (non-hydrogen) atoms. The van der Waals surface area contributed by atoms with Gasteiger partial charge in [0.15, 0.2) is 6.29 Å². The molecule has 0 saturated carbocycles. The average Bonchev–Trinajstić information content (AvgIpc) is 2.16. The second-order valence-electron chi connectivity index (χ2n) is 2.27. The first-order valence-corrected chi connectivity index (χ1v) is 3.62. The summed E-state index contributed by atoms with van der Waals surface area (Å²) in [7, 11) is 1.45. The molecule has 3 nitrogen and oxygen atoms in total. The number of rotatable bonds is 3. The van der Waals surface area contributed by atoms with E-state index in [9.17, 15) is 0 Å². The Kier molecular flexibility index (Phi) is 3.44. The van der Waals surface area contributed by atoms with Crippen LogP contribution in [0, 0.1) is 0 Å². The molecule has 0 radical (unpaired) electrons. The summed E-state index contributed by atoms with van der Waals surface area (Å²) in [5, 5.41) is 8.99. The Morgan fingerprint density at radius 3 is 2.75 bits per heavy atom. The Hall–Kier alpha value is -1.19. The zero-order chi connectivity index (χ0) is 8.81. The Labute approximate surface area is 71.3 Å². The second-order valence-corrected chi connectivity index (χ2v) is 2.27. The lowest BCUT2D eigenvalue weighted by Crippen LogP contribution is -2.03. The second kappa shape index (κ2) is 4.64. The van der Waals surface area contributed by atoms with Crippen molar-refractivity contribution in [2.45, 2.75) is 6.29 Å². The van der Waals surface area contributed by atoms with Crippen molar-refractivity contribution < 1.29 is 9.84 Å². The molecule has 1 aromatic heterocycles. The van der Waals surface area contributed by atoms with E-state index in [4.69, 9.17) is 5.11 Å². The first-order valence-electron chi connectivity index (χ1n) is 3.62. The molecule has 0 unspecified atom stereocenters. The van der Waals surface area contributed by atoms with Crippen LogP contribution in [0.2, 0.25) is 0 Å². The normalized spacial score (nSPS) is 13.5. The van der Waals surface area contributed by atoms with Crippen LogP contribution < -0.4 is 0 Å². The topological polar surface area (TPSA) is 42.4 Å². The maximum absolute atomic E-state index is 8.99. The predicted octanol–water partition coefficient (Wildman–Crippen LogP) is 1.06. The van der Waals surface area contributed by atoms with E-state index in [1.807, 2.05) is 12.1 Å². The lowest BCUT2D eigenvalue weighted by atomic mass is 10.2. The van der Waals surface area contributed by atoms with Gasteiger partial charge in [-0.15, -0.1) is 0 Å². The summed E-state index contributed by atoms with van der Waals surface area (Å²) in [5.41, 5.74) is 0.987. The molecule has 1 heterocycles. The molecule has 0 aliphatic rings. The first kappa shape index (κ1) is 8.90. The standard InChI is InChI=1S/C9H11NO2/c1-12-9(11)3-2-8-4-6-10-7-5-8/h2-7,9,11H,1H3/b3-2+/t9-/m0/s1. The van der Waals surface area contributed by atoms with Gasteiger partial charge in [-0.3, -0.25) is 4.98 Å². The van der Waals surface area contributed by atoms with E-state index in [2.05, 4.69) is 9.72 Å². The van der Waals surface area contributed by atoms with Gasteiger partial charge in [0.05, 0.1) is 0 Å². The van der Waals surface area contributed by atoms with E-state index in [0.717, 1.165) is 5.56 Å². The molecule has 0 aliphatic heterocycles. The van der Waals surface area contributed by atoms with Crippen LogP contribution in [0.1, 0.15) is 5.56 Å². The summed E-state index contributed by atoms with van der Waals surface area (Å²) >= 11 is 0. The Morgan fingerprint density at radius 2 is 2.17 bits per heavy atom. The first-order chi connectivity index (χ1) is 5.83. The van der Waals surface area contributed by atoms with E-state index in [0.29, 0.717) is 0 Å². The Morgan fingerprint density at radius 1 is 1.50 bits per heavy atom. The molecule has 0 fully saturated rings. The van der Waals surface area contributed by atoms with Crippen LogP contribution in [0.25, 0.3) is 6.08 Å². The van der Waals surface area contributed by atoms with Crippen molar-refractivity contribution in [1.29, 1.82) is 0 Å². The smallest absolute Gasteiger partial charge is 0.174 e. The minimum absolute atomic E-state index is 0.835. The maximum Gasteiger partial charge on any atom is 0.174 e. The molecule has 0 bridgehead atoms. The van der Waals surface area contributed by atoms with Crippen molar-refractivity contribution in [2.24, 2.45) is 0 Å². The van der Waals surface area contributed by atoms with Gasteiger partial charge in [-0.05, 0) is 23.8 Å². The van der Waals surface area contributed by atoms with Crippen LogP contribution in [-0.4, -0.2) is 23.5 Å². The maximum atomic E-state index is 8.99. The van der Waals surface area contributed by atoms with Crippen LogP contribution in [0.15, 0.2) is 30.6 Å².